The lowest BCUT2D eigenvalue weighted by Crippen LogP contribution is -2.61. The van der Waals surface area contributed by atoms with E-state index in [-0.39, 0.29) is 30.4 Å². The maximum absolute atomic E-state index is 12.6. The van der Waals surface area contributed by atoms with Gasteiger partial charge in [0.2, 0.25) is 5.88 Å². The maximum atomic E-state index is 12.6. The molecule has 9 nitrogen and oxygen atoms in total. The number of nitriles is 1. The molecular formula is C23H26ClN5O4. The van der Waals surface area contributed by atoms with Crippen LogP contribution in [0.15, 0.2) is 24.5 Å². The third-order valence-electron chi connectivity index (χ3n) is 5.69. The summed E-state index contributed by atoms with van der Waals surface area (Å²) in [6, 6.07) is 6.86. The number of piperidine rings is 1. The number of rotatable bonds is 5. The van der Waals surface area contributed by atoms with Crippen LogP contribution in [-0.2, 0) is 9.47 Å². The van der Waals surface area contributed by atoms with Gasteiger partial charge in [-0.2, -0.15) is 5.26 Å². The smallest absolute Gasteiger partial charge is 0.410 e. The van der Waals surface area contributed by atoms with E-state index in [1.807, 2.05) is 20.8 Å². The van der Waals surface area contributed by atoms with E-state index < -0.39 is 0 Å². The van der Waals surface area contributed by atoms with E-state index in [2.05, 4.69) is 21.4 Å². The highest BCUT2D eigenvalue weighted by molar-refractivity contribution is 6.33. The first-order valence-electron chi connectivity index (χ1n) is 10.9. The molecule has 1 amide bonds. The Morgan fingerprint density at radius 1 is 1.30 bits per heavy atom. The Kier molecular flexibility index (Phi) is 6.86. The van der Waals surface area contributed by atoms with Crippen LogP contribution in [0.3, 0.4) is 0 Å². The molecule has 2 aromatic rings. The highest BCUT2D eigenvalue weighted by Gasteiger charge is 2.43. The molecule has 0 spiro atoms. The number of hydrogen-bond donors (Lipinski definition) is 1. The van der Waals surface area contributed by atoms with Crippen molar-refractivity contribution >= 4 is 29.2 Å². The van der Waals surface area contributed by atoms with Crippen LogP contribution in [-0.4, -0.2) is 58.5 Å². The number of halogens is 1. The molecule has 33 heavy (non-hydrogen) atoms. The third-order valence-corrected chi connectivity index (χ3v) is 6.00. The molecule has 3 heterocycles. The van der Waals surface area contributed by atoms with Crippen molar-refractivity contribution in [3.05, 3.63) is 40.7 Å². The molecule has 0 saturated carbocycles. The third kappa shape index (κ3) is 5.13. The van der Waals surface area contributed by atoms with Gasteiger partial charge in [0, 0.05) is 12.8 Å². The summed E-state index contributed by atoms with van der Waals surface area (Å²) in [6.45, 7) is 6.46. The van der Waals surface area contributed by atoms with Crippen LogP contribution in [0.1, 0.15) is 37.8 Å². The van der Waals surface area contributed by atoms with Crippen molar-refractivity contribution in [2.75, 3.05) is 18.5 Å². The average molecular weight is 472 g/mol. The summed E-state index contributed by atoms with van der Waals surface area (Å²) in [6.07, 6.45) is 2.08. The van der Waals surface area contributed by atoms with E-state index in [4.69, 9.17) is 31.1 Å². The predicted octanol–water partition coefficient (Wildman–Crippen LogP) is 4.21. The number of anilines is 2. The van der Waals surface area contributed by atoms with Crippen molar-refractivity contribution in [1.29, 1.82) is 5.26 Å². The van der Waals surface area contributed by atoms with Gasteiger partial charge in [-0.3, -0.25) is 4.90 Å². The van der Waals surface area contributed by atoms with Gasteiger partial charge < -0.3 is 19.5 Å². The van der Waals surface area contributed by atoms with Crippen molar-refractivity contribution < 1.29 is 19.0 Å². The molecular weight excluding hydrogens is 446 g/mol. The number of nitrogens with one attached hydrogen (secondary N) is 1. The largest absolute Gasteiger partial charge is 0.474 e. The highest BCUT2D eigenvalue weighted by atomic mass is 35.5. The van der Waals surface area contributed by atoms with Gasteiger partial charge >= 0.3 is 6.09 Å². The van der Waals surface area contributed by atoms with Crippen LogP contribution in [0.5, 0.6) is 5.88 Å². The van der Waals surface area contributed by atoms with Crippen molar-refractivity contribution in [3.8, 4) is 11.9 Å². The number of fused-ring (bicyclic) bond motifs is 2. The Bertz CT molecular complexity index is 1060. The quantitative estimate of drug-likeness (QED) is 0.690. The molecule has 2 unspecified atom stereocenters. The molecule has 2 aliphatic heterocycles. The Morgan fingerprint density at radius 3 is 2.67 bits per heavy atom. The van der Waals surface area contributed by atoms with Gasteiger partial charge in [0.25, 0.3) is 0 Å². The monoisotopic (exact) mass is 471 g/mol. The summed E-state index contributed by atoms with van der Waals surface area (Å²) in [5.74, 6) is 1.03. The molecule has 1 aromatic carbocycles. The standard InChI is InChI=1S/C23H26ClN5O4/c1-13(2)32-23(30)29-16-7-18(8-17(29)11-31-10-16)33-22-14(3)21(26-12-27-22)28-20-5-4-15(9-25)6-19(20)24/h4-6,12-13,16-18H,7-8,10-11H2,1-3H3,(H,26,27,28)/t16-,17?,18?/m0/s1. The number of carbonyl (C=O) groups excluding carboxylic acids is 1. The molecule has 0 aliphatic carbocycles. The molecule has 1 aromatic heterocycles. The van der Waals surface area contributed by atoms with E-state index >= 15 is 0 Å². The first-order valence-corrected chi connectivity index (χ1v) is 11.2. The molecule has 2 fully saturated rings. The predicted molar refractivity (Wildman–Crippen MR) is 122 cm³/mol. The highest BCUT2D eigenvalue weighted by Crippen LogP contribution is 2.33. The fourth-order valence-corrected chi connectivity index (χ4v) is 4.40. The number of carbonyl (C=O) groups is 1. The van der Waals surface area contributed by atoms with E-state index in [0.29, 0.717) is 54.0 Å². The molecule has 4 rings (SSSR count). The fraction of sp³-hybridized carbons (Fsp3) is 0.478. The van der Waals surface area contributed by atoms with E-state index in [1.165, 1.54) is 6.33 Å². The molecule has 2 bridgehead atoms. The number of hydrogen-bond acceptors (Lipinski definition) is 8. The summed E-state index contributed by atoms with van der Waals surface area (Å²) in [5.41, 5.74) is 1.85. The lowest BCUT2D eigenvalue weighted by atomic mass is 9.92. The Labute approximate surface area is 197 Å². The van der Waals surface area contributed by atoms with E-state index in [0.717, 1.165) is 5.56 Å². The minimum absolute atomic E-state index is 0.106. The Hall–Kier alpha value is -3.09. The summed E-state index contributed by atoms with van der Waals surface area (Å²) in [5, 5.41) is 12.6. The van der Waals surface area contributed by atoms with Crippen LogP contribution in [0.25, 0.3) is 0 Å². The van der Waals surface area contributed by atoms with Gasteiger partial charge in [-0.25, -0.2) is 14.8 Å². The summed E-state index contributed by atoms with van der Waals surface area (Å²) in [7, 11) is 0. The zero-order valence-electron chi connectivity index (χ0n) is 18.7. The molecule has 0 radical (unpaired) electrons. The minimum atomic E-state index is -0.300. The second-order valence-electron chi connectivity index (χ2n) is 8.48. The van der Waals surface area contributed by atoms with Gasteiger partial charge in [0.15, 0.2) is 0 Å². The minimum Gasteiger partial charge on any atom is -0.474 e. The molecule has 1 N–H and O–H groups in total. The summed E-state index contributed by atoms with van der Waals surface area (Å²) >= 11 is 6.29. The van der Waals surface area contributed by atoms with Crippen LogP contribution in [0.2, 0.25) is 5.02 Å². The zero-order valence-corrected chi connectivity index (χ0v) is 19.5. The number of morpholine rings is 1. The second-order valence-corrected chi connectivity index (χ2v) is 8.89. The van der Waals surface area contributed by atoms with Crippen LogP contribution >= 0.6 is 11.6 Å². The number of benzene rings is 1. The van der Waals surface area contributed by atoms with E-state index in [1.54, 1.807) is 23.1 Å². The van der Waals surface area contributed by atoms with Crippen molar-refractivity contribution in [3.63, 3.8) is 0 Å². The lowest BCUT2D eigenvalue weighted by Gasteiger charge is -2.47. The molecule has 3 atom stereocenters. The lowest BCUT2D eigenvalue weighted by molar-refractivity contribution is -0.0934. The van der Waals surface area contributed by atoms with Crippen molar-refractivity contribution in [2.45, 2.75) is 57.9 Å². The number of aromatic nitrogens is 2. The average Bonchev–Trinajstić information content (AvgIpc) is 2.76. The van der Waals surface area contributed by atoms with Gasteiger partial charge in [-0.05, 0) is 39.0 Å². The molecule has 2 saturated heterocycles. The van der Waals surface area contributed by atoms with Crippen LogP contribution in [0, 0.1) is 18.3 Å². The molecule has 174 valence electrons. The first-order chi connectivity index (χ1) is 15.9. The summed E-state index contributed by atoms with van der Waals surface area (Å²) < 4.78 is 17.4. The zero-order chi connectivity index (χ0) is 23.5. The Balaban J connectivity index is 1.47. The fourth-order valence-electron chi connectivity index (χ4n) is 4.17. The van der Waals surface area contributed by atoms with Crippen LogP contribution in [0.4, 0.5) is 16.3 Å². The Morgan fingerprint density at radius 2 is 2.03 bits per heavy atom. The number of nitrogens with zero attached hydrogens (tertiary/aromatic N) is 4. The molecule has 10 heteroatoms. The van der Waals surface area contributed by atoms with Crippen molar-refractivity contribution in [1.82, 2.24) is 14.9 Å². The second kappa shape index (κ2) is 9.81. The van der Waals surface area contributed by atoms with Gasteiger partial charge in [-0.1, -0.05) is 11.6 Å². The number of amides is 1. The SMILES string of the molecule is Cc1c(Nc2ccc(C#N)cc2Cl)ncnc1OC1CC2COC[C@H](C1)N2C(=O)OC(C)C. The summed E-state index contributed by atoms with van der Waals surface area (Å²) in [4.78, 5) is 23.0. The maximum Gasteiger partial charge on any atom is 0.410 e. The topological polar surface area (TPSA) is 110 Å². The van der Waals surface area contributed by atoms with Crippen LogP contribution < -0.4 is 10.1 Å². The molecule has 2 aliphatic rings. The normalized spacial score (nSPS) is 21.9. The van der Waals surface area contributed by atoms with Gasteiger partial charge in [0.1, 0.15) is 18.2 Å². The van der Waals surface area contributed by atoms with E-state index in [9.17, 15) is 4.79 Å². The number of ether oxygens (including phenoxy) is 3. The first kappa shape index (κ1) is 23.1. The van der Waals surface area contributed by atoms with Crippen molar-refractivity contribution in [2.24, 2.45) is 0 Å². The van der Waals surface area contributed by atoms with Gasteiger partial charge in [0.05, 0.1) is 59.3 Å². The van der Waals surface area contributed by atoms with Gasteiger partial charge in [-0.15, -0.1) is 0 Å².